The van der Waals surface area contributed by atoms with Gasteiger partial charge in [0.1, 0.15) is 5.69 Å². The van der Waals surface area contributed by atoms with Crippen LogP contribution in [-0.2, 0) is 11.3 Å². The lowest BCUT2D eigenvalue weighted by Crippen LogP contribution is -2.42. The third-order valence-electron chi connectivity index (χ3n) is 3.60. The first kappa shape index (κ1) is 14.9. The maximum Gasteiger partial charge on any atom is 0.308 e. The summed E-state index contributed by atoms with van der Waals surface area (Å²) in [6, 6.07) is 1.66. The van der Waals surface area contributed by atoms with Crippen LogP contribution in [0.2, 0.25) is 5.02 Å². The van der Waals surface area contributed by atoms with Crippen molar-refractivity contribution in [1.29, 1.82) is 0 Å². The number of rotatable bonds is 4. The van der Waals surface area contributed by atoms with E-state index in [0.29, 0.717) is 23.7 Å². The van der Waals surface area contributed by atoms with Crippen LogP contribution in [0.1, 0.15) is 36.7 Å². The second kappa shape index (κ2) is 6.31. The predicted molar refractivity (Wildman–Crippen MR) is 76.0 cm³/mol. The number of aliphatic carboxylic acids is 1. The number of carbonyl (C=O) groups excluding carboxylic acids is 1. The lowest BCUT2D eigenvalue weighted by atomic mass is 9.98. The second-order valence-electron chi connectivity index (χ2n) is 5.17. The summed E-state index contributed by atoms with van der Waals surface area (Å²) in [5.74, 6) is -1.42. The molecule has 2 heterocycles. The molecule has 20 heavy (non-hydrogen) atoms. The summed E-state index contributed by atoms with van der Waals surface area (Å²) in [5, 5.41) is 9.62. The number of hydrogen-bond acceptors (Lipinski definition) is 2. The van der Waals surface area contributed by atoms with Crippen molar-refractivity contribution in [3.05, 3.63) is 23.0 Å². The van der Waals surface area contributed by atoms with Crippen molar-refractivity contribution in [1.82, 2.24) is 9.47 Å². The van der Waals surface area contributed by atoms with Crippen molar-refractivity contribution in [3.8, 4) is 0 Å². The summed E-state index contributed by atoms with van der Waals surface area (Å²) < 4.78 is 1.84. The van der Waals surface area contributed by atoms with E-state index in [1.165, 1.54) is 0 Å². The molecule has 1 saturated heterocycles. The molecule has 0 bridgehead atoms. The zero-order valence-electron chi connectivity index (χ0n) is 11.5. The lowest BCUT2D eigenvalue weighted by molar-refractivity contribution is -0.143. The smallest absolute Gasteiger partial charge is 0.308 e. The monoisotopic (exact) mass is 298 g/mol. The molecule has 0 saturated carbocycles. The third-order valence-corrected chi connectivity index (χ3v) is 3.81. The second-order valence-corrected chi connectivity index (χ2v) is 5.60. The Morgan fingerprint density at radius 1 is 1.50 bits per heavy atom. The molecule has 1 aliphatic heterocycles. The number of halogens is 1. The van der Waals surface area contributed by atoms with Crippen molar-refractivity contribution in [2.24, 2.45) is 5.92 Å². The molecule has 0 aromatic carbocycles. The first-order valence-electron chi connectivity index (χ1n) is 6.90. The van der Waals surface area contributed by atoms with Gasteiger partial charge in [0.05, 0.1) is 10.9 Å². The van der Waals surface area contributed by atoms with Crippen LogP contribution in [0.4, 0.5) is 0 Å². The number of amides is 1. The van der Waals surface area contributed by atoms with E-state index in [-0.39, 0.29) is 12.5 Å². The zero-order valence-corrected chi connectivity index (χ0v) is 12.3. The number of likely N-dealkylation sites (tertiary alicyclic amines) is 1. The Balaban J connectivity index is 2.16. The van der Waals surface area contributed by atoms with Gasteiger partial charge in [-0.3, -0.25) is 9.59 Å². The highest BCUT2D eigenvalue weighted by molar-refractivity contribution is 6.31. The van der Waals surface area contributed by atoms with Crippen LogP contribution in [0.5, 0.6) is 0 Å². The minimum atomic E-state index is -0.829. The van der Waals surface area contributed by atoms with E-state index in [1.54, 1.807) is 17.2 Å². The first-order chi connectivity index (χ1) is 9.52. The topological polar surface area (TPSA) is 62.5 Å². The number of piperidine rings is 1. The quantitative estimate of drug-likeness (QED) is 0.929. The molecule has 1 aliphatic rings. The molecule has 1 aromatic rings. The summed E-state index contributed by atoms with van der Waals surface area (Å²) in [7, 11) is 0. The third kappa shape index (κ3) is 3.15. The molecule has 1 aromatic heterocycles. The number of carboxylic acid groups (broad SMARTS) is 1. The number of aryl methyl sites for hydroxylation is 1. The number of hydrogen-bond donors (Lipinski definition) is 1. The van der Waals surface area contributed by atoms with Crippen molar-refractivity contribution in [3.63, 3.8) is 0 Å². The molecular formula is C14H19ClN2O3. The Morgan fingerprint density at radius 3 is 2.90 bits per heavy atom. The van der Waals surface area contributed by atoms with E-state index in [0.717, 1.165) is 19.4 Å². The van der Waals surface area contributed by atoms with E-state index in [9.17, 15) is 9.59 Å². The van der Waals surface area contributed by atoms with Crippen molar-refractivity contribution in [2.45, 2.75) is 32.7 Å². The molecular weight excluding hydrogens is 280 g/mol. The Morgan fingerprint density at radius 2 is 2.25 bits per heavy atom. The molecule has 6 heteroatoms. The van der Waals surface area contributed by atoms with Gasteiger partial charge in [0.15, 0.2) is 0 Å². The Bertz CT molecular complexity index is 513. The van der Waals surface area contributed by atoms with Gasteiger partial charge in [-0.15, -0.1) is 0 Å². The van der Waals surface area contributed by atoms with E-state index in [1.807, 2.05) is 11.5 Å². The lowest BCUT2D eigenvalue weighted by Gasteiger charge is -2.30. The van der Waals surface area contributed by atoms with Crippen LogP contribution in [0.15, 0.2) is 12.3 Å². The minimum absolute atomic E-state index is 0.128. The SMILES string of the molecule is CCCn1cc(Cl)cc1C(=O)N1CCC[C@@H](C(=O)O)C1. The van der Waals surface area contributed by atoms with Crippen LogP contribution < -0.4 is 0 Å². The van der Waals surface area contributed by atoms with E-state index < -0.39 is 11.9 Å². The maximum atomic E-state index is 12.5. The summed E-state index contributed by atoms with van der Waals surface area (Å²) in [6.07, 6.45) is 4.01. The van der Waals surface area contributed by atoms with E-state index in [4.69, 9.17) is 16.7 Å². The molecule has 2 rings (SSSR count). The van der Waals surface area contributed by atoms with Crippen LogP contribution in [0.3, 0.4) is 0 Å². The highest BCUT2D eigenvalue weighted by atomic mass is 35.5. The van der Waals surface area contributed by atoms with Gasteiger partial charge >= 0.3 is 5.97 Å². The minimum Gasteiger partial charge on any atom is -0.481 e. The average molecular weight is 299 g/mol. The summed E-state index contributed by atoms with van der Waals surface area (Å²) >= 11 is 5.98. The van der Waals surface area contributed by atoms with Crippen LogP contribution in [0, 0.1) is 5.92 Å². The van der Waals surface area contributed by atoms with Gasteiger partial charge in [-0.25, -0.2) is 0 Å². The molecule has 0 spiro atoms. The first-order valence-corrected chi connectivity index (χ1v) is 7.28. The Hall–Kier alpha value is -1.49. The molecule has 1 amide bonds. The fourth-order valence-corrected chi connectivity index (χ4v) is 2.83. The number of aromatic nitrogens is 1. The predicted octanol–water partition coefficient (Wildman–Crippen LogP) is 2.49. The van der Waals surface area contributed by atoms with Crippen molar-refractivity contribution >= 4 is 23.5 Å². The standard InChI is InChI=1S/C14H19ClN2O3/c1-2-5-16-9-11(15)7-12(16)13(18)17-6-3-4-10(8-17)14(19)20/h7,9-10H,2-6,8H2,1H3,(H,19,20)/t10-/m1/s1. The van der Waals surface area contributed by atoms with Crippen LogP contribution in [0.25, 0.3) is 0 Å². The number of nitrogens with zero attached hydrogens (tertiary/aromatic N) is 2. The summed E-state index contributed by atoms with van der Waals surface area (Å²) in [4.78, 5) is 25.2. The van der Waals surface area contributed by atoms with Gasteiger partial charge < -0.3 is 14.6 Å². The fourth-order valence-electron chi connectivity index (χ4n) is 2.60. The average Bonchev–Trinajstić information content (AvgIpc) is 2.79. The maximum absolute atomic E-state index is 12.5. The Kier molecular flexibility index (Phi) is 4.70. The molecule has 110 valence electrons. The van der Waals surface area contributed by atoms with Gasteiger partial charge in [-0.1, -0.05) is 18.5 Å². The van der Waals surface area contributed by atoms with Gasteiger partial charge in [0, 0.05) is 25.8 Å². The van der Waals surface area contributed by atoms with E-state index >= 15 is 0 Å². The molecule has 1 fully saturated rings. The molecule has 1 atom stereocenters. The molecule has 1 N–H and O–H groups in total. The van der Waals surface area contributed by atoms with Crippen molar-refractivity contribution < 1.29 is 14.7 Å². The normalized spacial score (nSPS) is 19.1. The molecule has 0 radical (unpaired) electrons. The highest BCUT2D eigenvalue weighted by Gasteiger charge is 2.29. The van der Waals surface area contributed by atoms with Gasteiger partial charge in [-0.05, 0) is 25.3 Å². The zero-order chi connectivity index (χ0) is 14.7. The van der Waals surface area contributed by atoms with Crippen LogP contribution >= 0.6 is 11.6 Å². The number of carboxylic acids is 1. The number of carbonyl (C=O) groups is 2. The summed E-state index contributed by atoms with van der Waals surface area (Å²) in [6.45, 7) is 3.65. The Labute approximate surface area is 123 Å². The largest absolute Gasteiger partial charge is 0.481 e. The van der Waals surface area contributed by atoms with Gasteiger partial charge in [0.2, 0.25) is 0 Å². The van der Waals surface area contributed by atoms with Gasteiger partial charge in [-0.2, -0.15) is 0 Å². The molecule has 0 aliphatic carbocycles. The molecule has 0 unspecified atom stereocenters. The highest BCUT2D eigenvalue weighted by Crippen LogP contribution is 2.21. The van der Waals surface area contributed by atoms with Gasteiger partial charge in [0.25, 0.3) is 5.91 Å². The molecule has 5 nitrogen and oxygen atoms in total. The van der Waals surface area contributed by atoms with E-state index in [2.05, 4.69) is 0 Å². The fraction of sp³-hybridized carbons (Fsp3) is 0.571. The van der Waals surface area contributed by atoms with Crippen molar-refractivity contribution in [2.75, 3.05) is 13.1 Å². The summed E-state index contributed by atoms with van der Waals surface area (Å²) in [5.41, 5.74) is 0.544. The van der Waals surface area contributed by atoms with Crippen LogP contribution in [-0.4, -0.2) is 39.5 Å².